The van der Waals surface area contributed by atoms with Gasteiger partial charge in [0.1, 0.15) is 29.4 Å². The summed E-state index contributed by atoms with van der Waals surface area (Å²) in [4.78, 5) is 59.2. The van der Waals surface area contributed by atoms with Gasteiger partial charge in [-0.2, -0.15) is 10.4 Å². The average molecular weight is 680 g/mol. The van der Waals surface area contributed by atoms with Crippen LogP contribution in [0.2, 0.25) is 0 Å². The number of anilines is 1. The number of carbonyl (C=O) groups excluding carboxylic acids is 4. The van der Waals surface area contributed by atoms with E-state index in [-0.39, 0.29) is 36.1 Å². The average Bonchev–Trinajstić information content (AvgIpc) is 4.01. The van der Waals surface area contributed by atoms with Gasteiger partial charge in [-0.1, -0.05) is 51.8 Å². The fourth-order valence-electron chi connectivity index (χ4n) is 7.63. The van der Waals surface area contributed by atoms with Crippen LogP contribution in [-0.4, -0.2) is 82.0 Å². The zero-order chi connectivity index (χ0) is 35.5. The Hall–Kier alpha value is -4.92. The third-order valence-corrected chi connectivity index (χ3v) is 10.7. The van der Waals surface area contributed by atoms with Crippen LogP contribution in [0.15, 0.2) is 42.6 Å². The lowest BCUT2D eigenvalue weighted by Crippen LogP contribution is -2.56. The number of nitrogens with zero attached hydrogens (tertiary/aromatic N) is 5. The molecule has 262 valence electrons. The van der Waals surface area contributed by atoms with Crippen LogP contribution < -0.4 is 15.4 Å². The van der Waals surface area contributed by atoms with Gasteiger partial charge in [-0.15, -0.1) is 0 Å². The van der Waals surface area contributed by atoms with Gasteiger partial charge in [-0.3, -0.25) is 23.9 Å². The van der Waals surface area contributed by atoms with Crippen LogP contribution in [-0.2, 0) is 19.8 Å². The zero-order valence-corrected chi connectivity index (χ0v) is 29.4. The lowest BCUT2D eigenvalue weighted by atomic mass is 9.80. The van der Waals surface area contributed by atoms with Crippen LogP contribution >= 0.6 is 0 Å². The SMILES string of the molecule is COc1cc(C(=O)NC(CC2CC2)C(=O)N(C)[C@@H](CC(C)(C)C)C(=O)N2C[C@]3(C[C@H]2C#N)C(=O)Nc2ccccc23)cc2cn(C3CC3)nc12. The van der Waals surface area contributed by atoms with Crippen LogP contribution in [0.25, 0.3) is 10.9 Å². The Morgan fingerprint density at radius 3 is 2.58 bits per heavy atom. The normalized spacial score (nSPS) is 22.5. The number of amides is 4. The third kappa shape index (κ3) is 6.18. The van der Waals surface area contributed by atoms with Crippen molar-refractivity contribution >= 4 is 40.2 Å². The molecule has 2 aliphatic carbocycles. The highest BCUT2D eigenvalue weighted by molar-refractivity contribution is 6.07. The first-order valence-corrected chi connectivity index (χ1v) is 17.6. The van der Waals surface area contributed by atoms with E-state index >= 15 is 0 Å². The number of likely N-dealkylation sites (tertiary alicyclic amines) is 1. The van der Waals surface area contributed by atoms with Crippen molar-refractivity contribution in [3.63, 3.8) is 0 Å². The molecule has 2 aliphatic heterocycles. The molecule has 0 radical (unpaired) electrons. The van der Waals surface area contributed by atoms with E-state index in [2.05, 4.69) is 21.8 Å². The van der Waals surface area contributed by atoms with Crippen LogP contribution in [0.1, 0.15) is 87.7 Å². The molecular formula is C38H45N7O5. The largest absolute Gasteiger partial charge is 0.494 e. The number of rotatable bonds is 10. The zero-order valence-electron chi connectivity index (χ0n) is 29.4. The van der Waals surface area contributed by atoms with Crippen LogP contribution in [0, 0.1) is 22.7 Å². The van der Waals surface area contributed by atoms with Crippen molar-refractivity contribution in [1.29, 1.82) is 5.26 Å². The summed E-state index contributed by atoms with van der Waals surface area (Å²) in [6.07, 6.45) is 6.95. The summed E-state index contributed by atoms with van der Waals surface area (Å²) in [5.41, 5.74) is 1.10. The van der Waals surface area contributed by atoms with Gasteiger partial charge < -0.3 is 25.2 Å². The second-order valence-electron chi connectivity index (χ2n) is 15.8. The molecule has 4 amide bonds. The molecule has 1 aromatic heterocycles. The van der Waals surface area contributed by atoms with E-state index < -0.39 is 29.4 Å². The minimum atomic E-state index is -1.04. The fourth-order valence-corrected chi connectivity index (χ4v) is 7.63. The molecule has 0 bridgehead atoms. The molecule has 50 heavy (non-hydrogen) atoms. The van der Waals surface area contributed by atoms with E-state index in [9.17, 15) is 24.4 Å². The van der Waals surface area contributed by atoms with Crippen molar-refractivity contribution in [3.8, 4) is 11.8 Å². The molecule has 7 rings (SSSR count). The van der Waals surface area contributed by atoms with Crippen molar-refractivity contribution < 1.29 is 23.9 Å². The van der Waals surface area contributed by atoms with Crippen molar-refractivity contribution in [2.45, 2.75) is 95.3 Å². The van der Waals surface area contributed by atoms with E-state index in [1.54, 1.807) is 26.3 Å². The Morgan fingerprint density at radius 1 is 1.18 bits per heavy atom. The molecule has 1 spiro atoms. The first-order valence-electron chi connectivity index (χ1n) is 17.6. The van der Waals surface area contributed by atoms with Crippen LogP contribution in [0.5, 0.6) is 5.75 Å². The Bertz CT molecular complexity index is 1920. The third-order valence-electron chi connectivity index (χ3n) is 10.7. The summed E-state index contributed by atoms with van der Waals surface area (Å²) in [6.45, 7) is 6.03. The van der Waals surface area contributed by atoms with E-state index in [4.69, 9.17) is 4.74 Å². The van der Waals surface area contributed by atoms with Gasteiger partial charge in [0.2, 0.25) is 17.7 Å². The van der Waals surface area contributed by atoms with E-state index in [1.165, 1.54) is 9.80 Å². The summed E-state index contributed by atoms with van der Waals surface area (Å²) in [5, 5.41) is 21.6. The van der Waals surface area contributed by atoms with Crippen molar-refractivity contribution in [2.75, 3.05) is 26.0 Å². The maximum Gasteiger partial charge on any atom is 0.252 e. The first-order chi connectivity index (χ1) is 23.8. The molecule has 12 heteroatoms. The number of fused-ring (bicyclic) bond motifs is 3. The molecule has 2 aromatic carbocycles. The van der Waals surface area contributed by atoms with Crippen molar-refractivity contribution in [3.05, 3.63) is 53.7 Å². The first kappa shape index (κ1) is 33.6. The standard InChI is InChI=1S/C38H45N7O5/c1-37(2,3)18-30(35(48)44-21-38(17-26(44)19-39)27-8-6-7-9-28(27)41-36(38)49)43(4)34(47)29(14-22-10-11-22)40-33(46)23-15-24-20-45(25-12-13-25)42-32(24)31(16-23)50-5/h6-9,15-16,20,22,25-26,29-30H,10-14,17-18,21H2,1-5H3,(H,40,46)(H,41,49)/t26-,29?,30-,38-/m0/s1. The molecule has 1 saturated heterocycles. The quantitative estimate of drug-likeness (QED) is 0.319. The maximum atomic E-state index is 14.6. The number of nitriles is 1. The second kappa shape index (κ2) is 12.4. The predicted octanol–water partition coefficient (Wildman–Crippen LogP) is 4.56. The van der Waals surface area contributed by atoms with Crippen LogP contribution in [0.4, 0.5) is 5.69 Å². The topological polar surface area (TPSA) is 150 Å². The summed E-state index contributed by atoms with van der Waals surface area (Å²) in [5.74, 6) is -0.602. The van der Waals surface area contributed by atoms with Gasteiger partial charge >= 0.3 is 0 Å². The Kier molecular flexibility index (Phi) is 8.36. The molecule has 3 aromatic rings. The van der Waals surface area contributed by atoms with Gasteiger partial charge in [0.15, 0.2) is 0 Å². The lowest BCUT2D eigenvalue weighted by Gasteiger charge is -2.37. The van der Waals surface area contributed by atoms with Crippen LogP contribution in [0.3, 0.4) is 0 Å². The minimum Gasteiger partial charge on any atom is -0.494 e. The second-order valence-corrected chi connectivity index (χ2v) is 15.8. The number of nitrogens with one attached hydrogen (secondary N) is 2. The molecule has 4 aliphatic rings. The van der Waals surface area contributed by atoms with E-state index in [1.807, 2.05) is 55.9 Å². The number of aromatic nitrogens is 2. The minimum absolute atomic E-state index is 0.0411. The predicted molar refractivity (Wildman–Crippen MR) is 186 cm³/mol. The van der Waals surface area contributed by atoms with Gasteiger partial charge in [-0.05, 0) is 60.8 Å². The van der Waals surface area contributed by atoms with Gasteiger partial charge in [-0.25, -0.2) is 0 Å². The number of likely N-dealkylation sites (N-methyl/N-ethyl adjacent to an activating group) is 1. The summed E-state index contributed by atoms with van der Waals surface area (Å²) >= 11 is 0. The molecular weight excluding hydrogens is 634 g/mol. The molecule has 4 atom stereocenters. The highest BCUT2D eigenvalue weighted by Crippen LogP contribution is 2.47. The van der Waals surface area contributed by atoms with Gasteiger partial charge in [0, 0.05) is 42.8 Å². The Balaban J connectivity index is 1.15. The fraction of sp³-hybridized carbons (Fsp3) is 0.526. The highest BCUT2D eigenvalue weighted by atomic mass is 16.5. The number of methoxy groups -OCH3 is 1. The molecule has 2 N–H and O–H groups in total. The molecule has 1 unspecified atom stereocenters. The van der Waals surface area contributed by atoms with Crippen molar-refractivity contribution in [2.24, 2.45) is 11.3 Å². The number of carbonyl (C=O) groups is 4. The van der Waals surface area contributed by atoms with Gasteiger partial charge in [0.05, 0.1) is 24.6 Å². The summed E-state index contributed by atoms with van der Waals surface area (Å²) in [7, 11) is 3.15. The summed E-state index contributed by atoms with van der Waals surface area (Å²) < 4.78 is 7.53. The molecule has 3 fully saturated rings. The lowest BCUT2D eigenvalue weighted by molar-refractivity contribution is -0.147. The number of para-hydroxylation sites is 1. The smallest absolute Gasteiger partial charge is 0.252 e. The molecule has 2 saturated carbocycles. The molecule has 12 nitrogen and oxygen atoms in total. The highest BCUT2D eigenvalue weighted by Gasteiger charge is 2.57. The Morgan fingerprint density at radius 2 is 1.92 bits per heavy atom. The summed E-state index contributed by atoms with van der Waals surface area (Å²) in [6, 6.07) is 10.8. The Labute approximate surface area is 292 Å². The van der Waals surface area contributed by atoms with E-state index in [0.717, 1.165) is 36.6 Å². The van der Waals surface area contributed by atoms with Crippen molar-refractivity contribution in [1.82, 2.24) is 24.9 Å². The number of ether oxygens (including phenoxy) is 1. The number of hydrogen-bond donors (Lipinski definition) is 2. The number of hydrogen-bond acceptors (Lipinski definition) is 7. The number of benzene rings is 2. The van der Waals surface area contributed by atoms with E-state index in [0.29, 0.717) is 47.3 Å². The monoisotopic (exact) mass is 679 g/mol. The molecule has 3 heterocycles. The van der Waals surface area contributed by atoms with Gasteiger partial charge in [0.25, 0.3) is 5.91 Å². The maximum absolute atomic E-state index is 14.6.